The van der Waals surface area contributed by atoms with E-state index in [1.165, 1.54) is 10.6 Å². The quantitative estimate of drug-likeness (QED) is 0.235. The minimum atomic E-state index is -0.0966. The summed E-state index contributed by atoms with van der Waals surface area (Å²) in [5.74, 6) is 6.87. The van der Waals surface area contributed by atoms with Crippen molar-refractivity contribution in [3.63, 3.8) is 0 Å². The first-order valence-electron chi connectivity index (χ1n) is 10.5. The number of nitrogens with one attached hydrogen (secondary N) is 1. The molecule has 1 saturated carbocycles. The Balaban J connectivity index is 1.71. The van der Waals surface area contributed by atoms with Crippen molar-refractivity contribution in [2.75, 3.05) is 0 Å². The predicted octanol–water partition coefficient (Wildman–Crippen LogP) is 4.86. The lowest BCUT2D eigenvalue weighted by atomic mass is 9.82. The Kier molecular flexibility index (Phi) is 6.20. The second-order valence-corrected chi connectivity index (χ2v) is 8.62. The minimum Gasteiger partial charge on any atom is -0.369 e. The highest BCUT2D eigenvalue weighted by Crippen LogP contribution is 2.36. The molecule has 7 heteroatoms. The summed E-state index contributed by atoms with van der Waals surface area (Å²) >= 11 is 5.98. The van der Waals surface area contributed by atoms with Crippen molar-refractivity contribution in [1.29, 1.82) is 5.41 Å². The number of rotatable bonds is 4. The molecule has 0 aliphatic heterocycles. The fraction of sp³-hybridized carbons (Fsp3) is 0.292. The van der Waals surface area contributed by atoms with Crippen LogP contribution in [0.25, 0.3) is 23.1 Å². The van der Waals surface area contributed by atoms with Crippen LogP contribution in [0.1, 0.15) is 54.2 Å². The summed E-state index contributed by atoms with van der Waals surface area (Å²) in [4.78, 5) is 9.74. The van der Waals surface area contributed by atoms with Crippen LogP contribution < -0.4 is 11.6 Å². The Morgan fingerprint density at radius 1 is 1.13 bits per heavy atom. The number of hydrogen-bond acceptors (Lipinski definition) is 4. The number of aryl methyl sites for hydroxylation is 1. The molecule has 0 unspecified atom stereocenters. The Labute approximate surface area is 187 Å². The lowest BCUT2D eigenvalue weighted by molar-refractivity contribution is 0.226. The molecular weight excluding hydrogens is 408 g/mol. The smallest absolute Gasteiger partial charge is 0.203 e. The highest BCUT2D eigenvalue weighted by atomic mass is 35.5. The molecule has 0 radical (unpaired) electrons. The molecule has 0 amide bonds. The number of fused-ring (bicyclic) bond motifs is 1. The van der Waals surface area contributed by atoms with E-state index >= 15 is 0 Å². The van der Waals surface area contributed by atoms with Crippen LogP contribution in [0.4, 0.5) is 0 Å². The zero-order chi connectivity index (χ0) is 22.0. The maximum Gasteiger partial charge on any atom is 0.203 e. The first-order chi connectivity index (χ1) is 14.9. The lowest BCUT2D eigenvalue weighted by Gasteiger charge is -2.35. The highest BCUT2D eigenvalue weighted by Gasteiger charge is 2.29. The van der Waals surface area contributed by atoms with Crippen LogP contribution in [0, 0.1) is 12.3 Å². The summed E-state index contributed by atoms with van der Waals surface area (Å²) in [6, 6.07) is 14.0. The van der Waals surface area contributed by atoms with Crippen LogP contribution in [0.5, 0.6) is 0 Å². The van der Waals surface area contributed by atoms with Crippen molar-refractivity contribution in [1.82, 2.24) is 15.0 Å². The molecule has 2 aromatic carbocycles. The highest BCUT2D eigenvalue weighted by molar-refractivity contribution is 6.30. The molecule has 0 spiro atoms. The molecule has 3 aromatic rings. The average molecular weight is 435 g/mol. The van der Waals surface area contributed by atoms with Gasteiger partial charge in [0.2, 0.25) is 5.96 Å². The van der Waals surface area contributed by atoms with Gasteiger partial charge in [-0.1, -0.05) is 47.9 Å². The Bertz CT molecular complexity index is 1120. The zero-order valence-corrected chi connectivity index (χ0v) is 18.3. The van der Waals surface area contributed by atoms with E-state index in [9.17, 15) is 0 Å². The number of halogens is 1. The first-order valence-corrected chi connectivity index (χ1v) is 10.9. The maximum atomic E-state index is 7.69. The van der Waals surface area contributed by atoms with Gasteiger partial charge in [-0.05, 0) is 62.1 Å². The zero-order valence-electron chi connectivity index (χ0n) is 17.6. The Morgan fingerprint density at radius 2 is 1.90 bits per heavy atom. The van der Waals surface area contributed by atoms with E-state index in [0.717, 1.165) is 47.8 Å². The van der Waals surface area contributed by atoms with Gasteiger partial charge in [0.15, 0.2) is 5.82 Å². The molecule has 1 aromatic heterocycles. The molecule has 2 atom stereocenters. The fourth-order valence-corrected chi connectivity index (χ4v) is 4.40. The van der Waals surface area contributed by atoms with Gasteiger partial charge in [-0.2, -0.15) is 0 Å². The number of aromatic nitrogens is 2. The van der Waals surface area contributed by atoms with Crippen molar-refractivity contribution in [2.45, 2.75) is 44.6 Å². The van der Waals surface area contributed by atoms with Gasteiger partial charge >= 0.3 is 0 Å². The van der Waals surface area contributed by atoms with Crippen LogP contribution in [0.15, 0.2) is 42.5 Å². The first kappa shape index (κ1) is 21.3. The van der Waals surface area contributed by atoms with Crippen LogP contribution in [-0.4, -0.2) is 27.0 Å². The molecule has 4 rings (SSSR count). The number of guanidine groups is 1. The van der Waals surface area contributed by atoms with Gasteiger partial charge in [0.25, 0.3) is 0 Å². The molecule has 1 aliphatic carbocycles. The largest absolute Gasteiger partial charge is 0.369 e. The van der Waals surface area contributed by atoms with Crippen molar-refractivity contribution in [2.24, 2.45) is 11.6 Å². The van der Waals surface area contributed by atoms with Crippen LogP contribution in [-0.2, 0) is 0 Å². The lowest BCUT2D eigenvalue weighted by Crippen LogP contribution is -2.50. The van der Waals surface area contributed by atoms with E-state index in [1.807, 2.05) is 36.4 Å². The third kappa shape index (κ3) is 4.86. The molecule has 31 heavy (non-hydrogen) atoms. The second kappa shape index (κ2) is 9.04. The normalized spacial score (nSPS) is 19.1. The summed E-state index contributed by atoms with van der Waals surface area (Å²) in [6.45, 7) is 2.08. The third-order valence-electron chi connectivity index (χ3n) is 5.90. The van der Waals surface area contributed by atoms with E-state index in [2.05, 4.69) is 25.1 Å². The molecule has 1 aliphatic rings. The summed E-state index contributed by atoms with van der Waals surface area (Å²) in [6.07, 6.45) is 7.73. The Morgan fingerprint density at radius 3 is 2.65 bits per heavy atom. The van der Waals surface area contributed by atoms with Crippen LogP contribution >= 0.6 is 11.6 Å². The van der Waals surface area contributed by atoms with Crippen LogP contribution in [0.2, 0.25) is 5.02 Å². The number of benzene rings is 2. The SMILES string of the molecule is Cc1ccc2nc(C=Cc3ccc(Cl)cc3)nc([C@H]3CCC[C@H](N(N)C(=N)N)C3)c2c1. The van der Waals surface area contributed by atoms with Gasteiger partial charge in [0, 0.05) is 22.4 Å². The molecule has 1 fully saturated rings. The fourth-order valence-electron chi connectivity index (χ4n) is 4.28. The number of nitrogens with two attached hydrogens (primary N) is 2. The molecule has 1 heterocycles. The van der Waals surface area contributed by atoms with Gasteiger partial charge in [-0.3, -0.25) is 10.4 Å². The van der Waals surface area contributed by atoms with Crippen molar-refractivity contribution >= 4 is 40.6 Å². The summed E-state index contributed by atoms with van der Waals surface area (Å²) in [7, 11) is 0. The molecule has 6 nitrogen and oxygen atoms in total. The number of nitrogens with zero attached hydrogens (tertiary/aromatic N) is 3. The number of hydrazine groups is 1. The Hall–Kier alpha value is -2.96. The topological polar surface area (TPSA) is 105 Å². The van der Waals surface area contributed by atoms with E-state index in [-0.39, 0.29) is 17.9 Å². The summed E-state index contributed by atoms with van der Waals surface area (Å²) in [5, 5.41) is 10.9. The van der Waals surface area contributed by atoms with E-state index in [1.54, 1.807) is 0 Å². The monoisotopic (exact) mass is 434 g/mol. The molecule has 0 bridgehead atoms. The van der Waals surface area contributed by atoms with Gasteiger partial charge < -0.3 is 5.73 Å². The van der Waals surface area contributed by atoms with Crippen molar-refractivity contribution in [3.05, 3.63) is 70.1 Å². The van der Waals surface area contributed by atoms with Gasteiger partial charge in [-0.25, -0.2) is 15.8 Å². The molecule has 0 saturated heterocycles. The van der Waals surface area contributed by atoms with Crippen LogP contribution in [0.3, 0.4) is 0 Å². The average Bonchev–Trinajstić information content (AvgIpc) is 2.77. The summed E-state index contributed by atoms with van der Waals surface area (Å²) in [5.41, 5.74) is 9.83. The summed E-state index contributed by atoms with van der Waals surface area (Å²) < 4.78 is 0. The van der Waals surface area contributed by atoms with E-state index < -0.39 is 0 Å². The third-order valence-corrected chi connectivity index (χ3v) is 6.15. The van der Waals surface area contributed by atoms with Crippen molar-refractivity contribution in [3.8, 4) is 0 Å². The van der Waals surface area contributed by atoms with E-state index in [4.69, 9.17) is 38.6 Å². The molecular formula is C24H27ClN6. The number of hydrogen-bond donors (Lipinski definition) is 3. The van der Waals surface area contributed by atoms with Crippen molar-refractivity contribution < 1.29 is 0 Å². The standard InChI is InChI=1S/C24H27ClN6/c1-15-5-11-21-20(13-15)23(17-3-2-4-19(14-17)31(28)24(26)27)30-22(29-21)12-8-16-6-9-18(25)10-7-16/h5-13,17,19H,2-4,14,28H2,1H3,(H3,26,27)/t17-,19-/m0/s1. The predicted molar refractivity (Wildman–Crippen MR) is 128 cm³/mol. The van der Waals surface area contributed by atoms with Gasteiger partial charge in [0.1, 0.15) is 0 Å². The van der Waals surface area contributed by atoms with E-state index in [0.29, 0.717) is 10.8 Å². The maximum absolute atomic E-state index is 7.69. The molecule has 160 valence electrons. The molecule has 5 N–H and O–H groups in total. The van der Waals surface area contributed by atoms with Gasteiger partial charge in [0.05, 0.1) is 11.2 Å². The second-order valence-electron chi connectivity index (χ2n) is 8.18. The van der Waals surface area contributed by atoms with Gasteiger partial charge in [-0.15, -0.1) is 0 Å². The minimum absolute atomic E-state index is 0.0409.